The molecule has 15 heavy (non-hydrogen) atoms. The van der Waals surface area contributed by atoms with Crippen LogP contribution in [0, 0.1) is 0 Å². The van der Waals surface area contributed by atoms with Crippen molar-refractivity contribution in [2.45, 2.75) is 19.5 Å². The highest BCUT2D eigenvalue weighted by Crippen LogP contribution is 2.02. The van der Waals surface area contributed by atoms with Gasteiger partial charge >= 0.3 is 0 Å². The van der Waals surface area contributed by atoms with Crippen LogP contribution < -0.4 is 5.32 Å². The number of nitrogens with zero attached hydrogens (tertiary/aromatic N) is 1. The van der Waals surface area contributed by atoms with Gasteiger partial charge < -0.3 is 9.88 Å². The number of nitrogens with one attached hydrogen (secondary N) is 1. The van der Waals surface area contributed by atoms with Gasteiger partial charge in [-0.25, -0.2) is 8.42 Å². The highest BCUT2D eigenvalue weighted by molar-refractivity contribution is 7.90. The Bertz CT molecular complexity index is 395. The van der Waals surface area contributed by atoms with Crippen LogP contribution in [0.15, 0.2) is 18.5 Å². The van der Waals surface area contributed by atoms with E-state index in [4.69, 9.17) is 0 Å². The molecular weight excluding hydrogens is 212 g/mol. The van der Waals surface area contributed by atoms with Crippen molar-refractivity contribution < 1.29 is 8.42 Å². The molecular formula is C10H18N2O2S. The van der Waals surface area contributed by atoms with E-state index in [2.05, 4.69) is 5.32 Å². The Balaban J connectivity index is 2.38. The first-order valence-electron chi connectivity index (χ1n) is 4.98. The number of hydrogen-bond donors (Lipinski definition) is 1. The van der Waals surface area contributed by atoms with Gasteiger partial charge in [0.2, 0.25) is 0 Å². The monoisotopic (exact) mass is 230 g/mol. The van der Waals surface area contributed by atoms with Crippen molar-refractivity contribution in [1.29, 1.82) is 0 Å². The van der Waals surface area contributed by atoms with Crippen molar-refractivity contribution in [3.63, 3.8) is 0 Å². The van der Waals surface area contributed by atoms with Crippen LogP contribution in [0.1, 0.15) is 12.0 Å². The zero-order chi connectivity index (χ0) is 11.3. The lowest BCUT2D eigenvalue weighted by Crippen LogP contribution is -2.07. The van der Waals surface area contributed by atoms with Crippen molar-refractivity contribution in [1.82, 2.24) is 9.88 Å². The van der Waals surface area contributed by atoms with E-state index >= 15 is 0 Å². The van der Waals surface area contributed by atoms with Gasteiger partial charge in [-0.1, -0.05) is 0 Å². The third-order valence-corrected chi connectivity index (χ3v) is 3.15. The summed E-state index contributed by atoms with van der Waals surface area (Å²) < 4.78 is 23.8. The Hall–Kier alpha value is -0.810. The molecule has 0 spiro atoms. The van der Waals surface area contributed by atoms with E-state index in [0.717, 1.165) is 13.1 Å². The fourth-order valence-corrected chi connectivity index (χ4v) is 2.10. The maximum Gasteiger partial charge on any atom is 0.147 e. The largest absolute Gasteiger partial charge is 0.354 e. The summed E-state index contributed by atoms with van der Waals surface area (Å²) in [5.41, 5.74) is 1.22. The zero-order valence-corrected chi connectivity index (χ0v) is 10.0. The minimum absolute atomic E-state index is 0.256. The number of aryl methyl sites for hydroxylation is 1. The van der Waals surface area contributed by atoms with E-state index in [1.54, 1.807) is 0 Å². The summed E-state index contributed by atoms with van der Waals surface area (Å²) in [7, 11) is -0.920. The van der Waals surface area contributed by atoms with E-state index in [0.29, 0.717) is 6.42 Å². The summed E-state index contributed by atoms with van der Waals surface area (Å²) >= 11 is 0. The average molecular weight is 230 g/mol. The molecule has 0 saturated heterocycles. The molecule has 0 atom stereocenters. The standard InChI is InChI=1S/C10H18N2O2S/c1-11-8-10-4-6-12(9-10)5-3-7-15(2,13)14/h4,6,9,11H,3,5,7-8H2,1-2H3. The van der Waals surface area contributed by atoms with E-state index in [-0.39, 0.29) is 5.75 Å². The molecule has 0 saturated carbocycles. The summed E-state index contributed by atoms with van der Waals surface area (Å²) in [6.45, 7) is 1.61. The summed E-state index contributed by atoms with van der Waals surface area (Å²) in [4.78, 5) is 0. The molecule has 0 bridgehead atoms. The molecule has 4 nitrogen and oxygen atoms in total. The van der Waals surface area contributed by atoms with Crippen molar-refractivity contribution in [2.75, 3.05) is 19.1 Å². The third kappa shape index (κ3) is 4.99. The van der Waals surface area contributed by atoms with Crippen molar-refractivity contribution in [3.8, 4) is 0 Å². The second kappa shape index (κ2) is 5.32. The maximum absolute atomic E-state index is 10.9. The summed E-state index contributed by atoms with van der Waals surface area (Å²) in [6, 6.07) is 2.04. The molecule has 0 aliphatic carbocycles. The Morgan fingerprint density at radius 2 is 2.20 bits per heavy atom. The van der Waals surface area contributed by atoms with E-state index < -0.39 is 9.84 Å². The molecule has 0 amide bonds. The molecule has 1 rings (SSSR count). The lowest BCUT2D eigenvalue weighted by Gasteiger charge is -2.01. The smallest absolute Gasteiger partial charge is 0.147 e. The molecule has 1 aromatic heterocycles. The molecule has 1 N–H and O–H groups in total. The normalized spacial score (nSPS) is 11.9. The lowest BCUT2D eigenvalue weighted by molar-refractivity contribution is 0.592. The number of sulfone groups is 1. The average Bonchev–Trinajstić information content (AvgIpc) is 2.51. The maximum atomic E-state index is 10.9. The van der Waals surface area contributed by atoms with Gasteiger partial charge in [0.05, 0.1) is 5.75 Å². The van der Waals surface area contributed by atoms with Crippen molar-refractivity contribution in [3.05, 3.63) is 24.0 Å². The quantitative estimate of drug-likeness (QED) is 0.780. The molecule has 0 aromatic carbocycles. The van der Waals surface area contributed by atoms with Crippen LogP contribution in [0.5, 0.6) is 0 Å². The first kappa shape index (κ1) is 12.3. The highest BCUT2D eigenvalue weighted by Gasteiger charge is 2.02. The summed E-state index contributed by atoms with van der Waals surface area (Å²) in [6.07, 6.45) is 5.97. The molecule has 0 aliphatic rings. The van der Waals surface area contributed by atoms with Crippen LogP contribution >= 0.6 is 0 Å². The second-order valence-electron chi connectivity index (χ2n) is 3.77. The third-order valence-electron chi connectivity index (χ3n) is 2.12. The SMILES string of the molecule is CNCc1ccn(CCCS(C)(=O)=O)c1. The molecule has 86 valence electrons. The molecule has 0 aliphatic heterocycles. The van der Waals surface area contributed by atoms with Crippen LogP contribution in [0.3, 0.4) is 0 Å². The first-order valence-corrected chi connectivity index (χ1v) is 7.04. The molecule has 5 heteroatoms. The minimum Gasteiger partial charge on any atom is -0.354 e. The van der Waals surface area contributed by atoms with Gasteiger partial charge in [-0.2, -0.15) is 0 Å². The Labute approximate surface area is 91.2 Å². The summed E-state index contributed by atoms with van der Waals surface area (Å²) in [5, 5.41) is 3.07. The second-order valence-corrected chi connectivity index (χ2v) is 6.03. The number of aromatic nitrogens is 1. The van der Waals surface area contributed by atoms with Crippen LogP contribution in [-0.4, -0.2) is 32.0 Å². The number of rotatable bonds is 6. The summed E-state index contributed by atoms with van der Waals surface area (Å²) in [5.74, 6) is 0.256. The predicted molar refractivity (Wildman–Crippen MR) is 61.5 cm³/mol. The van der Waals surface area contributed by atoms with Gasteiger partial charge in [-0.15, -0.1) is 0 Å². The van der Waals surface area contributed by atoms with Crippen molar-refractivity contribution in [2.24, 2.45) is 0 Å². The van der Waals surface area contributed by atoms with Crippen LogP contribution in [-0.2, 0) is 22.9 Å². The van der Waals surface area contributed by atoms with Gasteiger partial charge in [0.15, 0.2) is 0 Å². The van der Waals surface area contributed by atoms with Gasteiger partial charge in [-0.3, -0.25) is 0 Å². The van der Waals surface area contributed by atoms with Crippen LogP contribution in [0.25, 0.3) is 0 Å². The van der Waals surface area contributed by atoms with Gasteiger partial charge in [-0.05, 0) is 25.1 Å². The van der Waals surface area contributed by atoms with E-state index in [9.17, 15) is 8.42 Å². The Morgan fingerprint density at radius 1 is 1.47 bits per heavy atom. The zero-order valence-electron chi connectivity index (χ0n) is 9.23. The fraction of sp³-hybridized carbons (Fsp3) is 0.600. The van der Waals surface area contributed by atoms with Crippen molar-refractivity contribution >= 4 is 9.84 Å². The Morgan fingerprint density at radius 3 is 2.80 bits per heavy atom. The molecule has 0 fully saturated rings. The van der Waals surface area contributed by atoms with Gasteiger partial charge in [0.1, 0.15) is 9.84 Å². The molecule has 0 unspecified atom stereocenters. The van der Waals surface area contributed by atoms with Crippen LogP contribution in [0.2, 0.25) is 0 Å². The van der Waals surface area contributed by atoms with Gasteiger partial charge in [0, 0.05) is 31.7 Å². The first-order chi connectivity index (χ1) is 7.01. The Kier molecular flexibility index (Phi) is 4.35. The van der Waals surface area contributed by atoms with E-state index in [1.807, 2.05) is 30.1 Å². The van der Waals surface area contributed by atoms with Crippen LogP contribution in [0.4, 0.5) is 0 Å². The minimum atomic E-state index is -2.82. The topological polar surface area (TPSA) is 51.1 Å². The molecule has 1 heterocycles. The lowest BCUT2D eigenvalue weighted by atomic mass is 10.3. The molecule has 1 aromatic rings. The number of hydrogen-bond acceptors (Lipinski definition) is 3. The van der Waals surface area contributed by atoms with Gasteiger partial charge in [0.25, 0.3) is 0 Å². The predicted octanol–water partition coefficient (Wildman–Crippen LogP) is 0.642. The highest BCUT2D eigenvalue weighted by atomic mass is 32.2. The fourth-order valence-electron chi connectivity index (χ4n) is 1.45. The van der Waals surface area contributed by atoms with E-state index in [1.165, 1.54) is 11.8 Å². The molecule has 0 radical (unpaired) electrons.